The van der Waals surface area contributed by atoms with Crippen molar-refractivity contribution in [3.8, 4) is 5.75 Å². The molecule has 2 rings (SSSR count). The zero-order valence-electron chi connectivity index (χ0n) is 13.9. The molecule has 0 radical (unpaired) electrons. The first-order valence-corrected chi connectivity index (χ1v) is 8.11. The van der Waals surface area contributed by atoms with Gasteiger partial charge in [0, 0.05) is 12.3 Å². The van der Waals surface area contributed by atoms with Crippen molar-refractivity contribution in [1.82, 2.24) is 4.98 Å². The highest BCUT2D eigenvalue weighted by Gasteiger charge is 2.18. The number of amides is 1. The van der Waals surface area contributed by atoms with E-state index in [-0.39, 0.29) is 17.0 Å². The number of thiazole rings is 1. The summed E-state index contributed by atoms with van der Waals surface area (Å²) in [6.45, 7) is 9.69. The van der Waals surface area contributed by atoms with Gasteiger partial charge in [-0.1, -0.05) is 32.9 Å². The Balaban J connectivity index is 2.14. The smallest absolute Gasteiger partial charge is 0.363 e. The topological polar surface area (TPSA) is 68.3 Å². The Morgan fingerprint density at radius 3 is 2.52 bits per heavy atom. The van der Waals surface area contributed by atoms with Crippen LogP contribution in [0.1, 0.15) is 49.3 Å². The molecule has 2 aromatic rings. The van der Waals surface area contributed by atoms with Crippen LogP contribution in [0.4, 0.5) is 5.13 Å². The second-order valence-corrected chi connectivity index (χ2v) is 7.20. The van der Waals surface area contributed by atoms with E-state index in [4.69, 9.17) is 4.74 Å². The molecule has 1 heterocycles. The highest BCUT2D eigenvalue weighted by atomic mass is 32.1. The lowest BCUT2D eigenvalue weighted by Crippen LogP contribution is -2.13. The molecule has 0 bridgehead atoms. The zero-order valence-corrected chi connectivity index (χ0v) is 14.7. The fourth-order valence-electron chi connectivity index (χ4n) is 1.96. The van der Waals surface area contributed by atoms with Gasteiger partial charge in [-0.15, -0.1) is 11.3 Å². The van der Waals surface area contributed by atoms with Crippen molar-refractivity contribution in [3.05, 3.63) is 40.4 Å². The van der Waals surface area contributed by atoms with Crippen LogP contribution in [0.25, 0.3) is 0 Å². The lowest BCUT2D eigenvalue weighted by atomic mass is 9.86. The average molecular weight is 332 g/mol. The number of aryl methyl sites for hydroxylation is 1. The molecular weight excluding hydrogens is 312 g/mol. The molecule has 0 unspecified atom stereocenters. The number of hydrogen-bond donors (Lipinski definition) is 1. The maximum atomic E-state index is 12.2. The van der Waals surface area contributed by atoms with Gasteiger partial charge in [0.25, 0.3) is 0 Å². The summed E-state index contributed by atoms with van der Waals surface area (Å²) in [7, 11) is 0. The van der Waals surface area contributed by atoms with E-state index in [2.05, 4.69) is 31.1 Å². The summed E-state index contributed by atoms with van der Waals surface area (Å²) in [5, 5.41) is 4.48. The maximum absolute atomic E-state index is 12.2. The van der Waals surface area contributed by atoms with Crippen molar-refractivity contribution >= 4 is 28.3 Å². The van der Waals surface area contributed by atoms with E-state index < -0.39 is 5.97 Å². The van der Waals surface area contributed by atoms with Crippen LogP contribution in [-0.4, -0.2) is 16.9 Å². The minimum Gasteiger partial charge on any atom is -0.422 e. The zero-order chi connectivity index (χ0) is 17.2. The van der Waals surface area contributed by atoms with Crippen LogP contribution in [0.15, 0.2) is 23.6 Å². The van der Waals surface area contributed by atoms with Gasteiger partial charge in [-0.25, -0.2) is 9.78 Å². The summed E-state index contributed by atoms with van der Waals surface area (Å²) < 4.78 is 5.41. The van der Waals surface area contributed by atoms with Crippen LogP contribution in [0.2, 0.25) is 0 Å². The molecule has 0 aliphatic rings. The number of aromatic nitrogens is 1. The lowest BCUT2D eigenvalue weighted by Gasteiger charge is -2.20. The fraction of sp³-hybridized carbons (Fsp3) is 0.353. The van der Waals surface area contributed by atoms with Crippen LogP contribution in [0.3, 0.4) is 0 Å². The van der Waals surface area contributed by atoms with Crippen molar-refractivity contribution in [3.63, 3.8) is 0 Å². The summed E-state index contributed by atoms with van der Waals surface area (Å²) in [6.07, 6.45) is 0. The van der Waals surface area contributed by atoms with Crippen molar-refractivity contribution in [2.75, 3.05) is 5.32 Å². The largest absolute Gasteiger partial charge is 0.422 e. The number of carbonyl (C=O) groups is 2. The molecule has 0 saturated heterocycles. The first-order chi connectivity index (χ1) is 10.7. The van der Waals surface area contributed by atoms with Gasteiger partial charge in [-0.3, -0.25) is 4.79 Å². The predicted octanol–water partition coefficient (Wildman–Crippen LogP) is 3.93. The average Bonchev–Trinajstić information content (AvgIpc) is 2.87. The molecule has 0 aliphatic carbocycles. The van der Waals surface area contributed by atoms with Crippen LogP contribution in [-0.2, 0) is 10.2 Å². The van der Waals surface area contributed by atoms with Crippen LogP contribution >= 0.6 is 11.3 Å². The Morgan fingerprint density at radius 2 is 1.96 bits per heavy atom. The van der Waals surface area contributed by atoms with Gasteiger partial charge in [0.05, 0.1) is 0 Å². The van der Waals surface area contributed by atoms with Gasteiger partial charge in [0.1, 0.15) is 5.75 Å². The van der Waals surface area contributed by atoms with E-state index in [0.717, 1.165) is 5.56 Å². The number of hydrogen-bond acceptors (Lipinski definition) is 5. The third-order valence-electron chi connectivity index (χ3n) is 3.24. The van der Waals surface area contributed by atoms with Crippen LogP contribution in [0.5, 0.6) is 5.75 Å². The number of carbonyl (C=O) groups excluding carboxylic acids is 2. The SMILES string of the molecule is CC(=O)Nc1nc(C(=O)Oc2ccc(C(C)(C)C)cc2C)cs1. The summed E-state index contributed by atoms with van der Waals surface area (Å²) in [6, 6.07) is 5.78. The number of nitrogens with one attached hydrogen (secondary N) is 1. The molecule has 6 heteroatoms. The minimum atomic E-state index is -0.538. The molecule has 1 N–H and O–H groups in total. The van der Waals surface area contributed by atoms with Crippen LogP contribution < -0.4 is 10.1 Å². The third kappa shape index (κ3) is 4.39. The number of ether oxygens (including phenoxy) is 1. The highest BCUT2D eigenvalue weighted by molar-refractivity contribution is 7.14. The Labute approximate surface area is 139 Å². The maximum Gasteiger partial charge on any atom is 0.363 e. The van der Waals surface area contributed by atoms with E-state index in [0.29, 0.717) is 10.9 Å². The highest BCUT2D eigenvalue weighted by Crippen LogP contribution is 2.28. The standard InChI is InChI=1S/C17H20N2O3S/c1-10-8-12(17(3,4)5)6-7-14(10)22-15(21)13-9-23-16(19-13)18-11(2)20/h6-9H,1-5H3,(H,18,19,20). The van der Waals surface area contributed by atoms with Crippen molar-refractivity contribution < 1.29 is 14.3 Å². The Hall–Kier alpha value is -2.21. The van der Waals surface area contributed by atoms with Gasteiger partial charge in [0.2, 0.25) is 5.91 Å². The summed E-state index contributed by atoms with van der Waals surface area (Å²) >= 11 is 1.18. The monoisotopic (exact) mass is 332 g/mol. The summed E-state index contributed by atoms with van der Waals surface area (Å²) in [5.74, 6) is -0.255. The molecule has 0 spiro atoms. The Kier molecular flexibility index (Phi) is 4.85. The van der Waals surface area contributed by atoms with E-state index in [9.17, 15) is 9.59 Å². The molecule has 0 atom stereocenters. The molecule has 0 aliphatic heterocycles. The van der Waals surface area contributed by atoms with E-state index in [1.54, 1.807) is 11.4 Å². The minimum absolute atomic E-state index is 0.0372. The quantitative estimate of drug-likeness (QED) is 0.683. The number of benzene rings is 1. The van der Waals surface area contributed by atoms with E-state index in [1.807, 2.05) is 19.1 Å². The molecule has 0 saturated carbocycles. The molecular formula is C17H20N2O3S. The summed E-state index contributed by atoms with van der Waals surface area (Å²) in [5.41, 5.74) is 2.28. The van der Waals surface area contributed by atoms with Gasteiger partial charge >= 0.3 is 5.97 Å². The van der Waals surface area contributed by atoms with Gasteiger partial charge in [-0.2, -0.15) is 0 Å². The predicted molar refractivity (Wildman–Crippen MR) is 91.3 cm³/mol. The van der Waals surface area contributed by atoms with Gasteiger partial charge < -0.3 is 10.1 Å². The number of nitrogens with zero attached hydrogens (tertiary/aromatic N) is 1. The fourth-order valence-corrected chi connectivity index (χ4v) is 2.68. The molecule has 1 aromatic heterocycles. The number of anilines is 1. The molecule has 1 amide bonds. The molecule has 5 nitrogen and oxygen atoms in total. The second kappa shape index (κ2) is 6.50. The number of rotatable bonds is 3. The number of esters is 1. The molecule has 1 aromatic carbocycles. The van der Waals surface area contributed by atoms with E-state index in [1.165, 1.54) is 23.8 Å². The molecule has 23 heavy (non-hydrogen) atoms. The van der Waals surface area contributed by atoms with Crippen molar-refractivity contribution in [1.29, 1.82) is 0 Å². The Bertz CT molecular complexity index is 745. The molecule has 0 fully saturated rings. The van der Waals surface area contributed by atoms with E-state index >= 15 is 0 Å². The first-order valence-electron chi connectivity index (χ1n) is 7.23. The normalized spacial score (nSPS) is 11.2. The first kappa shape index (κ1) is 17.1. The van der Waals surface area contributed by atoms with Gasteiger partial charge in [-0.05, 0) is 29.5 Å². The Morgan fingerprint density at radius 1 is 1.26 bits per heavy atom. The second-order valence-electron chi connectivity index (χ2n) is 6.34. The van der Waals surface area contributed by atoms with Crippen molar-refractivity contribution in [2.45, 2.75) is 40.0 Å². The van der Waals surface area contributed by atoms with Crippen molar-refractivity contribution in [2.24, 2.45) is 0 Å². The third-order valence-corrected chi connectivity index (χ3v) is 4.00. The molecule has 122 valence electrons. The summed E-state index contributed by atoms with van der Waals surface area (Å²) in [4.78, 5) is 27.2. The lowest BCUT2D eigenvalue weighted by molar-refractivity contribution is -0.114. The van der Waals surface area contributed by atoms with Gasteiger partial charge in [0.15, 0.2) is 10.8 Å². The van der Waals surface area contributed by atoms with Crippen LogP contribution in [0, 0.1) is 6.92 Å².